The highest BCUT2D eigenvalue weighted by atomic mass is 16.3. The van der Waals surface area contributed by atoms with Gasteiger partial charge in [0.1, 0.15) is 5.52 Å². The summed E-state index contributed by atoms with van der Waals surface area (Å²) < 4.78 is 5.52. The first-order valence-corrected chi connectivity index (χ1v) is 6.70. The van der Waals surface area contributed by atoms with Gasteiger partial charge in [0.25, 0.3) is 0 Å². The van der Waals surface area contributed by atoms with Gasteiger partial charge in [-0.3, -0.25) is 14.4 Å². The molecule has 116 valence electrons. The number of carbonyl (C=O) groups excluding carboxylic acids is 3. The van der Waals surface area contributed by atoms with Gasteiger partial charge in [0, 0.05) is 12.8 Å². The third-order valence-electron chi connectivity index (χ3n) is 3.01. The number of nitrogens with zero attached hydrogens (tertiary/aromatic N) is 1. The molecule has 2 aromatic rings. The summed E-state index contributed by atoms with van der Waals surface area (Å²) in [4.78, 5) is 37.8. The first-order valence-electron chi connectivity index (χ1n) is 6.70. The number of hydrogen-bond donors (Lipinski definition) is 3. The summed E-state index contributed by atoms with van der Waals surface area (Å²) in [7, 11) is 0. The maximum atomic E-state index is 11.6. The van der Waals surface area contributed by atoms with Crippen molar-refractivity contribution in [3.63, 3.8) is 0 Å². The minimum Gasteiger partial charge on any atom is -0.441 e. The summed E-state index contributed by atoms with van der Waals surface area (Å²) in [5.41, 5.74) is 11.4. The number of benzene rings is 1. The Morgan fingerprint density at radius 1 is 1.18 bits per heavy atom. The van der Waals surface area contributed by atoms with Gasteiger partial charge in [-0.05, 0) is 18.6 Å². The normalized spacial score (nSPS) is 10.8. The maximum absolute atomic E-state index is 11.6. The number of amides is 3. The zero-order chi connectivity index (χ0) is 16.1. The summed E-state index contributed by atoms with van der Waals surface area (Å²) in [6.45, 7) is 0. The van der Waals surface area contributed by atoms with E-state index in [0.717, 1.165) is 5.52 Å². The number of para-hydroxylation sites is 2. The Balaban J connectivity index is 1.84. The molecule has 0 spiro atoms. The Hall–Kier alpha value is -2.90. The molecule has 0 aliphatic rings. The summed E-state index contributed by atoms with van der Waals surface area (Å²) in [5.74, 6) is -1.94. The lowest BCUT2D eigenvalue weighted by molar-refractivity contribution is -0.134. The predicted octanol–water partition coefficient (Wildman–Crippen LogP) is -0.394. The largest absolute Gasteiger partial charge is 0.441 e. The molecule has 22 heavy (non-hydrogen) atoms. The van der Waals surface area contributed by atoms with Gasteiger partial charge in [-0.25, -0.2) is 4.98 Å². The van der Waals surface area contributed by atoms with Gasteiger partial charge in [-0.2, -0.15) is 0 Å². The van der Waals surface area contributed by atoms with Gasteiger partial charge < -0.3 is 21.2 Å². The number of nitrogens with one attached hydrogen (secondary N) is 1. The molecule has 3 amide bonds. The van der Waals surface area contributed by atoms with Crippen molar-refractivity contribution in [3.8, 4) is 0 Å². The van der Waals surface area contributed by atoms with Crippen molar-refractivity contribution in [1.29, 1.82) is 0 Å². The monoisotopic (exact) mass is 304 g/mol. The zero-order valence-electron chi connectivity index (χ0n) is 11.7. The van der Waals surface area contributed by atoms with Crippen LogP contribution in [0.1, 0.15) is 18.7 Å². The Bertz CT molecular complexity index is 663. The molecule has 1 heterocycles. The van der Waals surface area contributed by atoms with Gasteiger partial charge in [0.2, 0.25) is 17.7 Å². The number of oxazole rings is 1. The van der Waals surface area contributed by atoms with Crippen LogP contribution in [-0.2, 0) is 20.8 Å². The van der Waals surface area contributed by atoms with Gasteiger partial charge in [0.15, 0.2) is 17.5 Å². The fourth-order valence-electron chi connectivity index (χ4n) is 1.94. The van der Waals surface area contributed by atoms with E-state index in [2.05, 4.69) is 10.3 Å². The number of aromatic nitrogens is 1. The highest BCUT2D eigenvalue weighted by Gasteiger charge is 2.23. The molecular weight excluding hydrogens is 288 g/mol. The van der Waals surface area contributed by atoms with Crippen LogP contribution in [-0.4, -0.2) is 28.7 Å². The highest BCUT2D eigenvalue weighted by Crippen LogP contribution is 2.15. The predicted molar refractivity (Wildman–Crippen MR) is 77.3 cm³/mol. The van der Waals surface area contributed by atoms with Crippen LogP contribution in [0.3, 0.4) is 0 Å². The topological polar surface area (TPSA) is 141 Å². The standard InChI is InChI=1S/C14H16N4O4/c15-13(20)12(14(16)21)18-10(19)6-3-7-11-17-8-4-1-2-5-9(8)22-11/h1-2,4-5,12H,3,6-7H2,(H2,15,20)(H2,16,21)(H,18,19). The second kappa shape index (κ2) is 6.70. The van der Waals surface area contributed by atoms with E-state index < -0.39 is 23.8 Å². The molecule has 0 atom stereocenters. The Kier molecular flexibility index (Phi) is 4.72. The minimum absolute atomic E-state index is 0.0930. The van der Waals surface area contributed by atoms with Crippen molar-refractivity contribution >= 4 is 28.8 Å². The van der Waals surface area contributed by atoms with Crippen LogP contribution < -0.4 is 16.8 Å². The van der Waals surface area contributed by atoms with Crippen molar-refractivity contribution in [3.05, 3.63) is 30.2 Å². The molecular formula is C14H16N4O4. The molecule has 2 rings (SSSR count). The average molecular weight is 304 g/mol. The molecule has 1 aromatic heterocycles. The molecule has 5 N–H and O–H groups in total. The van der Waals surface area contributed by atoms with Gasteiger partial charge in [0.05, 0.1) is 0 Å². The first kappa shape index (κ1) is 15.5. The van der Waals surface area contributed by atoms with Gasteiger partial charge >= 0.3 is 0 Å². The third kappa shape index (κ3) is 3.81. The molecule has 1 aromatic carbocycles. The molecule has 0 aliphatic carbocycles. The zero-order valence-corrected chi connectivity index (χ0v) is 11.7. The lowest BCUT2D eigenvalue weighted by Gasteiger charge is -2.11. The van der Waals surface area contributed by atoms with E-state index in [0.29, 0.717) is 24.3 Å². The molecule has 0 fully saturated rings. The number of fused-ring (bicyclic) bond motifs is 1. The van der Waals surface area contributed by atoms with Crippen molar-refractivity contribution in [1.82, 2.24) is 10.3 Å². The molecule has 8 nitrogen and oxygen atoms in total. The van der Waals surface area contributed by atoms with Crippen LogP contribution in [0, 0.1) is 0 Å². The Morgan fingerprint density at radius 2 is 1.86 bits per heavy atom. The molecule has 0 saturated carbocycles. The number of hydrogen-bond acceptors (Lipinski definition) is 5. The van der Waals surface area contributed by atoms with E-state index >= 15 is 0 Å². The fraction of sp³-hybridized carbons (Fsp3) is 0.286. The highest BCUT2D eigenvalue weighted by molar-refractivity contribution is 6.05. The van der Waals surface area contributed by atoms with E-state index in [1.807, 2.05) is 24.3 Å². The van der Waals surface area contributed by atoms with E-state index in [-0.39, 0.29) is 6.42 Å². The number of rotatable bonds is 7. The average Bonchev–Trinajstić information content (AvgIpc) is 2.86. The third-order valence-corrected chi connectivity index (χ3v) is 3.01. The number of primary amides is 2. The summed E-state index contributed by atoms with van der Waals surface area (Å²) >= 11 is 0. The van der Waals surface area contributed by atoms with Crippen LogP contribution in [0.2, 0.25) is 0 Å². The van der Waals surface area contributed by atoms with E-state index in [1.165, 1.54) is 0 Å². The van der Waals surface area contributed by atoms with Crippen LogP contribution >= 0.6 is 0 Å². The Morgan fingerprint density at radius 3 is 2.50 bits per heavy atom. The van der Waals surface area contributed by atoms with E-state index in [9.17, 15) is 14.4 Å². The van der Waals surface area contributed by atoms with Crippen molar-refractivity contribution in [2.24, 2.45) is 11.5 Å². The fourth-order valence-corrected chi connectivity index (χ4v) is 1.94. The Labute approximate surface area is 125 Å². The molecule has 0 unspecified atom stereocenters. The van der Waals surface area contributed by atoms with E-state index in [4.69, 9.17) is 15.9 Å². The lowest BCUT2D eigenvalue weighted by atomic mass is 10.2. The number of carbonyl (C=O) groups is 3. The molecule has 0 bridgehead atoms. The molecule has 0 radical (unpaired) electrons. The van der Waals surface area contributed by atoms with Crippen LogP contribution in [0.25, 0.3) is 11.1 Å². The quantitative estimate of drug-likeness (QED) is 0.597. The minimum atomic E-state index is -1.49. The maximum Gasteiger partial charge on any atom is 0.249 e. The lowest BCUT2D eigenvalue weighted by Crippen LogP contribution is -2.52. The SMILES string of the molecule is NC(=O)C(NC(=O)CCCc1nc2ccccc2o1)C(N)=O. The van der Waals surface area contributed by atoms with Crippen molar-refractivity contribution in [2.45, 2.75) is 25.3 Å². The van der Waals surface area contributed by atoms with Crippen molar-refractivity contribution in [2.75, 3.05) is 0 Å². The second-order valence-electron chi connectivity index (χ2n) is 4.73. The first-order chi connectivity index (χ1) is 10.5. The molecule has 0 aliphatic heterocycles. The summed E-state index contributed by atoms with van der Waals surface area (Å²) in [6.07, 6.45) is 0.999. The van der Waals surface area contributed by atoms with E-state index in [1.54, 1.807) is 0 Å². The van der Waals surface area contributed by atoms with Crippen molar-refractivity contribution < 1.29 is 18.8 Å². The molecule has 8 heteroatoms. The number of nitrogens with two attached hydrogens (primary N) is 2. The second-order valence-corrected chi connectivity index (χ2v) is 4.73. The van der Waals surface area contributed by atoms with Crippen LogP contribution in [0.15, 0.2) is 28.7 Å². The van der Waals surface area contributed by atoms with Gasteiger partial charge in [-0.15, -0.1) is 0 Å². The summed E-state index contributed by atoms with van der Waals surface area (Å²) in [5, 5.41) is 2.19. The smallest absolute Gasteiger partial charge is 0.249 e. The summed E-state index contributed by atoms with van der Waals surface area (Å²) in [6, 6.07) is 5.85. The van der Waals surface area contributed by atoms with Crippen LogP contribution in [0.4, 0.5) is 0 Å². The molecule has 0 saturated heterocycles. The van der Waals surface area contributed by atoms with Crippen LogP contribution in [0.5, 0.6) is 0 Å². The number of aryl methyl sites for hydroxylation is 1. The van der Waals surface area contributed by atoms with Gasteiger partial charge in [-0.1, -0.05) is 12.1 Å².